The molecule has 18 heavy (non-hydrogen) atoms. The number of ether oxygens (including phenoxy) is 1. The van der Waals surface area contributed by atoms with Gasteiger partial charge in [-0.1, -0.05) is 12.1 Å². The second-order valence-corrected chi connectivity index (χ2v) is 6.40. The monoisotopic (exact) mass is 266 g/mol. The first kappa shape index (κ1) is 12.8. The van der Waals surface area contributed by atoms with Crippen LogP contribution in [-0.4, -0.2) is 20.5 Å². The van der Waals surface area contributed by atoms with Gasteiger partial charge in [-0.05, 0) is 26.0 Å². The number of rotatable bonds is 2. The predicted octanol–water partition coefficient (Wildman–Crippen LogP) is 2.02. The maximum absolute atomic E-state index is 11.9. The molecule has 1 atom stereocenters. The first-order chi connectivity index (χ1) is 8.30. The van der Waals surface area contributed by atoms with Gasteiger partial charge in [0.1, 0.15) is 5.76 Å². The normalized spacial score (nSPS) is 20.2. The Bertz CT molecular complexity index is 623. The Morgan fingerprint density at radius 3 is 2.06 bits per heavy atom. The van der Waals surface area contributed by atoms with Gasteiger partial charge in [-0.25, -0.2) is 8.42 Å². The summed E-state index contributed by atoms with van der Waals surface area (Å²) in [6, 6.07) is 6.21. The van der Waals surface area contributed by atoms with Crippen molar-refractivity contribution < 1.29 is 17.9 Å². The maximum atomic E-state index is 11.9. The summed E-state index contributed by atoms with van der Waals surface area (Å²) in [6.07, 6.45) is 0.508. The molecule has 1 aromatic rings. The number of carbonyl (C=O) groups is 1. The number of ketones is 1. The number of Topliss-reactive ketones (excluding diaryl/α,β-unsaturated/α-hetero) is 1. The molecule has 96 valence electrons. The summed E-state index contributed by atoms with van der Waals surface area (Å²) >= 11 is 0. The first-order valence-corrected chi connectivity index (χ1v) is 7.38. The van der Waals surface area contributed by atoms with Crippen LogP contribution < -0.4 is 0 Å². The first-order valence-electron chi connectivity index (χ1n) is 5.49. The highest BCUT2D eigenvalue weighted by Crippen LogP contribution is 2.32. The number of benzene rings is 1. The summed E-state index contributed by atoms with van der Waals surface area (Å²) in [5.74, 6) is 0.553. The zero-order valence-corrected chi connectivity index (χ0v) is 11.2. The molecular formula is C13H14O4S. The summed E-state index contributed by atoms with van der Waals surface area (Å²) in [5, 5.41) is 0. The molecule has 0 aromatic heterocycles. The van der Waals surface area contributed by atoms with Crippen LogP contribution in [0.4, 0.5) is 0 Å². The van der Waals surface area contributed by atoms with Crippen LogP contribution in [0.3, 0.4) is 0 Å². The Labute approximate surface area is 106 Å². The third-order valence-electron chi connectivity index (χ3n) is 3.04. The molecule has 5 heteroatoms. The van der Waals surface area contributed by atoms with E-state index in [2.05, 4.69) is 0 Å². The van der Waals surface area contributed by atoms with Crippen LogP contribution in [0.1, 0.15) is 25.5 Å². The lowest BCUT2D eigenvalue weighted by molar-refractivity contribution is -0.121. The van der Waals surface area contributed by atoms with Gasteiger partial charge in [0.2, 0.25) is 5.78 Å². The van der Waals surface area contributed by atoms with Crippen molar-refractivity contribution in [3.05, 3.63) is 41.2 Å². The molecule has 1 aliphatic rings. The average molecular weight is 266 g/mol. The van der Waals surface area contributed by atoms with Crippen LogP contribution in [0.5, 0.6) is 0 Å². The van der Waals surface area contributed by atoms with E-state index in [1.54, 1.807) is 26.0 Å². The largest absolute Gasteiger partial charge is 0.482 e. The molecule has 1 unspecified atom stereocenters. The van der Waals surface area contributed by atoms with Gasteiger partial charge in [-0.3, -0.25) is 4.79 Å². The van der Waals surface area contributed by atoms with E-state index in [1.165, 1.54) is 12.1 Å². The highest BCUT2D eigenvalue weighted by Gasteiger charge is 2.31. The second-order valence-electron chi connectivity index (χ2n) is 4.38. The lowest BCUT2D eigenvalue weighted by atomic mass is 10.0. The van der Waals surface area contributed by atoms with Gasteiger partial charge < -0.3 is 4.74 Å². The van der Waals surface area contributed by atoms with Gasteiger partial charge in [0.15, 0.2) is 15.9 Å². The standard InChI is InChI=1S/C13H14O4S/c1-8-9(2)17-13(12(8)14)10-4-6-11(7-5-10)18(3,15)16/h4-7,13H,1-3H3. The number of hydrogen-bond donors (Lipinski definition) is 0. The molecule has 0 amide bonds. The second kappa shape index (κ2) is 4.24. The van der Waals surface area contributed by atoms with Crippen LogP contribution in [0.2, 0.25) is 0 Å². The average Bonchev–Trinajstić information content (AvgIpc) is 2.56. The zero-order valence-electron chi connectivity index (χ0n) is 10.4. The molecule has 0 radical (unpaired) electrons. The fourth-order valence-electron chi connectivity index (χ4n) is 1.80. The molecule has 0 N–H and O–H groups in total. The molecule has 0 bridgehead atoms. The van der Waals surface area contributed by atoms with E-state index in [4.69, 9.17) is 4.74 Å². The smallest absolute Gasteiger partial charge is 0.206 e. The highest BCUT2D eigenvalue weighted by molar-refractivity contribution is 7.90. The summed E-state index contributed by atoms with van der Waals surface area (Å²) in [7, 11) is -3.21. The highest BCUT2D eigenvalue weighted by atomic mass is 32.2. The molecule has 0 aliphatic carbocycles. The number of sulfone groups is 1. The fourth-order valence-corrected chi connectivity index (χ4v) is 2.43. The van der Waals surface area contributed by atoms with Crippen molar-refractivity contribution in [3.8, 4) is 0 Å². The van der Waals surface area contributed by atoms with Crippen molar-refractivity contribution in [2.24, 2.45) is 0 Å². The Hall–Kier alpha value is -1.62. The van der Waals surface area contributed by atoms with Crippen molar-refractivity contribution in [3.63, 3.8) is 0 Å². The topological polar surface area (TPSA) is 60.4 Å². The van der Waals surface area contributed by atoms with E-state index in [0.717, 1.165) is 6.26 Å². The molecule has 1 aliphatic heterocycles. The molecule has 4 nitrogen and oxygen atoms in total. The summed E-state index contributed by atoms with van der Waals surface area (Å²) in [4.78, 5) is 12.1. The van der Waals surface area contributed by atoms with Crippen molar-refractivity contribution in [1.82, 2.24) is 0 Å². The van der Waals surface area contributed by atoms with Gasteiger partial charge in [-0.15, -0.1) is 0 Å². The van der Waals surface area contributed by atoms with Gasteiger partial charge in [0, 0.05) is 17.4 Å². The van der Waals surface area contributed by atoms with Gasteiger partial charge in [0.25, 0.3) is 0 Å². The molecule has 0 fully saturated rings. The Morgan fingerprint density at radius 1 is 1.11 bits per heavy atom. The molecule has 0 saturated heterocycles. The van der Waals surface area contributed by atoms with Crippen LogP contribution in [0, 0.1) is 0 Å². The molecule has 1 aromatic carbocycles. The summed E-state index contributed by atoms with van der Waals surface area (Å²) in [5.41, 5.74) is 1.29. The van der Waals surface area contributed by atoms with Crippen molar-refractivity contribution >= 4 is 15.6 Å². The Kier molecular flexibility index (Phi) is 3.02. The minimum absolute atomic E-state index is 0.0698. The van der Waals surface area contributed by atoms with Gasteiger partial charge in [0.05, 0.1) is 4.90 Å². The summed E-state index contributed by atoms with van der Waals surface area (Å²) < 4.78 is 28.1. The third-order valence-corrected chi connectivity index (χ3v) is 4.17. The van der Waals surface area contributed by atoms with Gasteiger partial charge in [-0.2, -0.15) is 0 Å². The summed E-state index contributed by atoms with van der Waals surface area (Å²) in [6.45, 7) is 3.47. The van der Waals surface area contributed by atoms with E-state index in [-0.39, 0.29) is 10.7 Å². The lowest BCUT2D eigenvalue weighted by Crippen LogP contribution is -2.09. The van der Waals surface area contributed by atoms with E-state index < -0.39 is 15.9 Å². The quantitative estimate of drug-likeness (QED) is 0.821. The molecule has 2 rings (SSSR count). The van der Waals surface area contributed by atoms with Crippen LogP contribution >= 0.6 is 0 Å². The Balaban J connectivity index is 2.31. The number of carbonyl (C=O) groups excluding carboxylic acids is 1. The predicted molar refractivity (Wildman–Crippen MR) is 66.8 cm³/mol. The zero-order chi connectivity index (χ0) is 13.5. The van der Waals surface area contributed by atoms with Crippen molar-refractivity contribution in [1.29, 1.82) is 0 Å². The van der Waals surface area contributed by atoms with E-state index >= 15 is 0 Å². The minimum atomic E-state index is -3.21. The fraction of sp³-hybridized carbons (Fsp3) is 0.308. The lowest BCUT2D eigenvalue weighted by Gasteiger charge is -2.11. The van der Waals surface area contributed by atoms with Crippen LogP contribution in [0.25, 0.3) is 0 Å². The molecular weight excluding hydrogens is 252 g/mol. The van der Waals surface area contributed by atoms with E-state index in [9.17, 15) is 13.2 Å². The van der Waals surface area contributed by atoms with Crippen molar-refractivity contribution in [2.45, 2.75) is 24.8 Å². The number of hydrogen-bond acceptors (Lipinski definition) is 4. The maximum Gasteiger partial charge on any atom is 0.206 e. The van der Waals surface area contributed by atoms with E-state index in [0.29, 0.717) is 16.9 Å². The third kappa shape index (κ3) is 2.18. The number of allylic oxidation sites excluding steroid dienone is 1. The van der Waals surface area contributed by atoms with Crippen LogP contribution in [-0.2, 0) is 19.4 Å². The Morgan fingerprint density at radius 2 is 1.67 bits per heavy atom. The van der Waals surface area contributed by atoms with Crippen molar-refractivity contribution in [2.75, 3.05) is 6.26 Å². The molecule has 0 saturated carbocycles. The molecule has 0 spiro atoms. The van der Waals surface area contributed by atoms with E-state index in [1.807, 2.05) is 0 Å². The minimum Gasteiger partial charge on any atom is -0.482 e. The molecule has 1 heterocycles. The van der Waals surface area contributed by atoms with Crippen LogP contribution in [0.15, 0.2) is 40.5 Å². The van der Waals surface area contributed by atoms with Gasteiger partial charge >= 0.3 is 0 Å². The SMILES string of the molecule is CC1=C(C)C(=O)C(c2ccc(S(C)(=O)=O)cc2)O1.